The molecular weight excluding hydrogens is 238 g/mol. The molecular formula is C12H15NO3S. The molecule has 0 radical (unpaired) electrons. The van der Waals surface area contributed by atoms with Crippen LogP contribution in [0.2, 0.25) is 0 Å². The third-order valence-corrected chi connectivity index (χ3v) is 4.70. The average Bonchev–Trinajstić information content (AvgIpc) is 2.29. The lowest BCUT2D eigenvalue weighted by Crippen LogP contribution is -2.34. The Hall–Kier alpha value is -1.36. The fourth-order valence-electron chi connectivity index (χ4n) is 2.00. The number of benzene rings is 1. The second-order valence-corrected chi connectivity index (χ2v) is 6.54. The van der Waals surface area contributed by atoms with Gasteiger partial charge in [-0.05, 0) is 25.0 Å². The summed E-state index contributed by atoms with van der Waals surface area (Å²) in [6, 6.07) is 9.09. The van der Waals surface area contributed by atoms with Gasteiger partial charge in [0, 0.05) is 5.69 Å². The standard InChI is InChI=1S/C12H15NO3S/c14-12(13-11-6-2-1-3-7-11)10-5-4-8-17(15,16)9-10/h1-3,6-7,10H,4-5,8-9H2,(H,13,14). The van der Waals surface area contributed by atoms with Gasteiger partial charge in [0.05, 0.1) is 17.4 Å². The lowest BCUT2D eigenvalue weighted by Gasteiger charge is -2.21. The molecule has 5 heteroatoms. The summed E-state index contributed by atoms with van der Waals surface area (Å²) >= 11 is 0. The van der Waals surface area contributed by atoms with Gasteiger partial charge in [0.2, 0.25) is 5.91 Å². The summed E-state index contributed by atoms with van der Waals surface area (Å²) < 4.78 is 22.9. The highest BCUT2D eigenvalue weighted by Gasteiger charge is 2.29. The summed E-state index contributed by atoms with van der Waals surface area (Å²) in [4.78, 5) is 11.9. The first-order chi connectivity index (χ1) is 8.07. The molecule has 1 heterocycles. The van der Waals surface area contributed by atoms with Crippen molar-refractivity contribution in [1.29, 1.82) is 0 Å². The fraction of sp³-hybridized carbons (Fsp3) is 0.417. The zero-order chi connectivity index (χ0) is 12.3. The number of amides is 1. The molecule has 92 valence electrons. The number of carbonyl (C=O) groups is 1. The molecule has 1 fully saturated rings. The Bertz CT molecular complexity index is 496. The number of nitrogens with one attached hydrogen (secondary N) is 1. The van der Waals surface area contributed by atoms with Gasteiger partial charge >= 0.3 is 0 Å². The van der Waals surface area contributed by atoms with Crippen LogP contribution in [0, 0.1) is 5.92 Å². The first-order valence-corrected chi connectivity index (χ1v) is 7.45. The van der Waals surface area contributed by atoms with Gasteiger partial charge in [0.15, 0.2) is 9.84 Å². The SMILES string of the molecule is O=C(Nc1ccccc1)C1CCCS(=O)(=O)C1. The Morgan fingerprint density at radius 1 is 1.24 bits per heavy atom. The van der Waals surface area contributed by atoms with Crippen molar-refractivity contribution >= 4 is 21.4 Å². The first-order valence-electron chi connectivity index (χ1n) is 5.63. The van der Waals surface area contributed by atoms with Crippen molar-refractivity contribution in [2.24, 2.45) is 5.92 Å². The maximum Gasteiger partial charge on any atom is 0.228 e. The van der Waals surface area contributed by atoms with Crippen molar-refractivity contribution in [2.45, 2.75) is 12.8 Å². The van der Waals surface area contributed by atoms with Crippen LogP contribution >= 0.6 is 0 Å². The zero-order valence-corrected chi connectivity index (χ0v) is 10.2. The number of hydrogen-bond donors (Lipinski definition) is 1. The van der Waals surface area contributed by atoms with E-state index in [0.29, 0.717) is 18.5 Å². The summed E-state index contributed by atoms with van der Waals surface area (Å²) in [5.41, 5.74) is 0.709. The maximum absolute atomic E-state index is 11.9. The van der Waals surface area contributed by atoms with Crippen molar-refractivity contribution in [3.8, 4) is 0 Å². The van der Waals surface area contributed by atoms with E-state index in [4.69, 9.17) is 0 Å². The van der Waals surface area contributed by atoms with Crippen molar-refractivity contribution in [3.05, 3.63) is 30.3 Å². The predicted octanol–water partition coefficient (Wildman–Crippen LogP) is 1.45. The van der Waals surface area contributed by atoms with E-state index < -0.39 is 15.8 Å². The Labute approximate surface area is 101 Å². The van der Waals surface area contributed by atoms with E-state index in [1.807, 2.05) is 18.2 Å². The van der Waals surface area contributed by atoms with Crippen LogP contribution in [0.15, 0.2) is 30.3 Å². The van der Waals surface area contributed by atoms with Crippen LogP contribution in [-0.4, -0.2) is 25.8 Å². The van der Waals surface area contributed by atoms with E-state index in [-0.39, 0.29) is 17.4 Å². The van der Waals surface area contributed by atoms with Gasteiger partial charge in [-0.3, -0.25) is 4.79 Å². The minimum absolute atomic E-state index is 0.0222. The van der Waals surface area contributed by atoms with Crippen molar-refractivity contribution < 1.29 is 13.2 Å². The topological polar surface area (TPSA) is 63.2 Å². The van der Waals surface area contributed by atoms with Gasteiger partial charge in [0.1, 0.15) is 0 Å². The van der Waals surface area contributed by atoms with Gasteiger partial charge in [-0.25, -0.2) is 8.42 Å². The third kappa shape index (κ3) is 3.30. The second-order valence-electron chi connectivity index (χ2n) is 4.31. The summed E-state index contributed by atoms with van der Waals surface area (Å²) in [6.07, 6.45) is 1.23. The Morgan fingerprint density at radius 3 is 2.59 bits per heavy atom. The monoisotopic (exact) mass is 253 g/mol. The van der Waals surface area contributed by atoms with Crippen molar-refractivity contribution in [1.82, 2.24) is 0 Å². The molecule has 1 amide bonds. The molecule has 2 rings (SSSR count). The van der Waals surface area contributed by atoms with Crippen LogP contribution in [0.5, 0.6) is 0 Å². The molecule has 17 heavy (non-hydrogen) atoms. The van der Waals surface area contributed by atoms with Crippen molar-refractivity contribution in [2.75, 3.05) is 16.8 Å². The van der Waals surface area contributed by atoms with Gasteiger partial charge in [0.25, 0.3) is 0 Å². The number of hydrogen-bond acceptors (Lipinski definition) is 3. The Morgan fingerprint density at radius 2 is 1.94 bits per heavy atom. The smallest absolute Gasteiger partial charge is 0.228 e. The number of rotatable bonds is 2. The first kappa shape index (κ1) is 12.1. The highest BCUT2D eigenvalue weighted by Crippen LogP contribution is 2.20. The van der Waals surface area contributed by atoms with Crippen LogP contribution in [0.25, 0.3) is 0 Å². The predicted molar refractivity (Wildman–Crippen MR) is 66.4 cm³/mol. The average molecular weight is 253 g/mol. The summed E-state index contributed by atoms with van der Waals surface area (Å²) in [7, 11) is -3.03. The van der Waals surface area contributed by atoms with E-state index in [0.717, 1.165) is 0 Å². The van der Waals surface area contributed by atoms with E-state index in [9.17, 15) is 13.2 Å². The molecule has 1 saturated heterocycles. The number of carbonyl (C=O) groups excluding carboxylic acids is 1. The Kier molecular flexibility index (Phi) is 3.47. The largest absolute Gasteiger partial charge is 0.326 e. The summed E-state index contributed by atoms with van der Waals surface area (Å²) in [5.74, 6) is -0.415. The number of anilines is 1. The molecule has 1 aromatic carbocycles. The van der Waals surface area contributed by atoms with Crippen LogP contribution in [0.4, 0.5) is 5.69 Å². The van der Waals surface area contributed by atoms with Gasteiger partial charge in [-0.15, -0.1) is 0 Å². The minimum Gasteiger partial charge on any atom is -0.326 e. The molecule has 1 unspecified atom stereocenters. The van der Waals surface area contributed by atoms with Crippen LogP contribution in [0.3, 0.4) is 0 Å². The molecule has 1 aliphatic rings. The highest BCUT2D eigenvalue weighted by molar-refractivity contribution is 7.91. The van der Waals surface area contributed by atoms with Crippen LogP contribution in [-0.2, 0) is 14.6 Å². The number of para-hydroxylation sites is 1. The molecule has 1 aliphatic heterocycles. The summed E-state index contributed by atoms with van der Waals surface area (Å²) in [5, 5.41) is 2.75. The normalized spacial score (nSPS) is 22.9. The van der Waals surface area contributed by atoms with Gasteiger partial charge in [-0.1, -0.05) is 18.2 Å². The molecule has 1 aromatic rings. The maximum atomic E-state index is 11.9. The zero-order valence-electron chi connectivity index (χ0n) is 9.43. The quantitative estimate of drug-likeness (QED) is 0.867. The molecule has 0 saturated carbocycles. The minimum atomic E-state index is -3.03. The molecule has 0 bridgehead atoms. The van der Waals surface area contributed by atoms with E-state index in [1.165, 1.54) is 0 Å². The molecule has 0 aliphatic carbocycles. The molecule has 0 spiro atoms. The molecule has 1 atom stereocenters. The van der Waals surface area contributed by atoms with E-state index in [2.05, 4.69) is 5.32 Å². The molecule has 4 nitrogen and oxygen atoms in total. The highest BCUT2D eigenvalue weighted by atomic mass is 32.2. The van der Waals surface area contributed by atoms with Gasteiger partial charge < -0.3 is 5.32 Å². The lowest BCUT2D eigenvalue weighted by atomic mass is 10.0. The van der Waals surface area contributed by atoms with Gasteiger partial charge in [-0.2, -0.15) is 0 Å². The third-order valence-electron chi connectivity index (χ3n) is 2.88. The number of sulfone groups is 1. The van der Waals surface area contributed by atoms with E-state index >= 15 is 0 Å². The van der Waals surface area contributed by atoms with Crippen molar-refractivity contribution in [3.63, 3.8) is 0 Å². The lowest BCUT2D eigenvalue weighted by molar-refractivity contribution is -0.119. The molecule has 1 N–H and O–H groups in total. The fourth-order valence-corrected chi connectivity index (χ4v) is 3.70. The second kappa shape index (κ2) is 4.87. The molecule has 0 aromatic heterocycles. The Balaban J connectivity index is 2.01. The van der Waals surface area contributed by atoms with Crippen LogP contribution < -0.4 is 5.32 Å². The van der Waals surface area contributed by atoms with E-state index in [1.54, 1.807) is 12.1 Å². The summed E-state index contributed by atoms with van der Waals surface area (Å²) in [6.45, 7) is 0. The van der Waals surface area contributed by atoms with Crippen LogP contribution in [0.1, 0.15) is 12.8 Å².